The van der Waals surface area contributed by atoms with Crippen molar-refractivity contribution in [1.82, 2.24) is 20.0 Å². The third kappa shape index (κ3) is 3.29. The summed E-state index contributed by atoms with van der Waals surface area (Å²) in [5.74, 6) is -0.522. The molecule has 0 spiro atoms. The van der Waals surface area contributed by atoms with Gasteiger partial charge in [0.05, 0.1) is 5.52 Å². The number of fused-ring (bicyclic) bond motifs is 2. The van der Waals surface area contributed by atoms with Crippen LogP contribution in [0, 0.1) is 0 Å². The number of benzene rings is 2. The first-order valence-corrected chi connectivity index (χ1v) is 9.55. The molecule has 0 radical (unpaired) electrons. The van der Waals surface area contributed by atoms with Crippen LogP contribution in [0.2, 0.25) is 0 Å². The van der Waals surface area contributed by atoms with Crippen LogP contribution in [0.3, 0.4) is 0 Å². The highest BCUT2D eigenvalue weighted by Crippen LogP contribution is 2.26. The van der Waals surface area contributed by atoms with Crippen molar-refractivity contribution in [3.63, 3.8) is 0 Å². The van der Waals surface area contributed by atoms with Crippen molar-refractivity contribution in [2.24, 2.45) is 0 Å². The summed E-state index contributed by atoms with van der Waals surface area (Å²) in [6.07, 6.45) is 5.70. The highest BCUT2D eigenvalue weighted by Gasteiger charge is 2.08. The highest BCUT2D eigenvalue weighted by molar-refractivity contribution is 5.93. The fraction of sp³-hybridized carbons (Fsp3) is 0.0417. The number of carbonyl (C=O) groups excluding carboxylic acids is 1. The number of nitrogens with one attached hydrogen (secondary N) is 1. The van der Waals surface area contributed by atoms with E-state index in [0.29, 0.717) is 12.1 Å². The first-order chi connectivity index (χ1) is 14.7. The number of amides is 1. The summed E-state index contributed by atoms with van der Waals surface area (Å²) in [6.45, 7) is 0.636. The summed E-state index contributed by atoms with van der Waals surface area (Å²) < 4.78 is 2.07. The second-order valence-corrected chi connectivity index (χ2v) is 7.13. The van der Waals surface area contributed by atoms with Gasteiger partial charge in [-0.3, -0.25) is 15.0 Å². The molecule has 146 valence electrons. The van der Waals surface area contributed by atoms with Crippen molar-refractivity contribution >= 4 is 27.8 Å². The molecule has 0 fully saturated rings. The monoisotopic (exact) mass is 394 g/mol. The summed E-state index contributed by atoms with van der Waals surface area (Å²) in [6, 6.07) is 21.5. The number of nitrogens with zero attached hydrogens (tertiary/aromatic N) is 3. The molecule has 1 amide bonds. The quantitative estimate of drug-likeness (QED) is 0.349. The molecule has 3 aromatic heterocycles. The van der Waals surface area contributed by atoms with Crippen molar-refractivity contribution in [2.75, 3.05) is 0 Å². The zero-order valence-electron chi connectivity index (χ0n) is 16.0. The van der Waals surface area contributed by atoms with Crippen LogP contribution in [0.1, 0.15) is 15.9 Å². The highest BCUT2D eigenvalue weighted by atomic mass is 16.5. The van der Waals surface area contributed by atoms with Gasteiger partial charge in [0, 0.05) is 47.0 Å². The molecule has 30 heavy (non-hydrogen) atoms. The first-order valence-electron chi connectivity index (χ1n) is 9.55. The number of aromatic nitrogens is 3. The zero-order chi connectivity index (χ0) is 20.5. The molecule has 0 saturated heterocycles. The molecule has 5 aromatic rings. The van der Waals surface area contributed by atoms with Gasteiger partial charge in [-0.05, 0) is 47.5 Å². The summed E-state index contributed by atoms with van der Waals surface area (Å²) in [4.78, 5) is 20.6. The van der Waals surface area contributed by atoms with Crippen LogP contribution in [0.25, 0.3) is 33.1 Å². The Morgan fingerprint density at radius 3 is 2.63 bits per heavy atom. The van der Waals surface area contributed by atoms with Crippen molar-refractivity contribution in [2.45, 2.75) is 6.54 Å². The predicted molar refractivity (Wildman–Crippen MR) is 115 cm³/mol. The maximum Gasteiger partial charge on any atom is 0.274 e. The Balaban J connectivity index is 1.44. The van der Waals surface area contributed by atoms with Crippen LogP contribution in [0.4, 0.5) is 0 Å². The fourth-order valence-electron chi connectivity index (χ4n) is 3.63. The minimum Gasteiger partial charge on any atom is -0.328 e. The van der Waals surface area contributed by atoms with Gasteiger partial charge < -0.3 is 4.57 Å². The number of hydroxylamine groups is 1. The Bertz CT molecular complexity index is 1370. The van der Waals surface area contributed by atoms with E-state index in [-0.39, 0.29) is 0 Å². The molecule has 3 heterocycles. The third-order valence-electron chi connectivity index (χ3n) is 5.21. The average Bonchev–Trinajstić information content (AvgIpc) is 3.20. The second kappa shape index (κ2) is 7.42. The topological polar surface area (TPSA) is 80.0 Å². The number of carbonyl (C=O) groups is 1. The van der Waals surface area contributed by atoms with Crippen LogP contribution >= 0.6 is 0 Å². The molecule has 5 rings (SSSR count). The van der Waals surface area contributed by atoms with Gasteiger partial charge in [0.1, 0.15) is 5.65 Å². The number of hydrogen-bond acceptors (Lipinski definition) is 4. The Morgan fingerprint density at radius 2 is 1.80 bits per heavy atom. The number of pyridine rings is 2. The normalized spacial score (nSPS) is 11.1. The number of hydrogen-bond donors (Lipinski definition) is 2. The molecule has 2 N–H and O–H groups in total. The van der Waals surface area contributed by atoms with Gasteiger partial charge in [0.25, 0.3) is 5.91 Å². The van der Waals surface area contributed by atoms with Gasteiger partial charge in [0.15, 0.2) is 0 Å². The minimum atomic E-state index is -0.522. The Labute approximate surface area is 172 Å². The minimum absolute atomic E-state index is 0.409. The van der Waals surface area contributed by atoms with Crippen LogP contribution in [-0.2, 0) is 6.54 Å². The van der Waals surface area contributed by atoms with Gasteiger partial charge in [-0.2, -0.15) is 0 Å². The van der Waals surface area contributed by atoms with Gasteiger partial charge in [-0.15, -0.1) is 0 Å². The molecular formula is C24H18N4O2. The van der Waals surface area contributed by atoms with Crippen LogP contribution in [0.5, 0.6) is 0 Å². The summed E-state index contributed by atoms with van der Waals surface area (Å²) in [5.41, 5.74) is 7.08. The van der Waals surface area contributed by atoms with Crippen molar-refractivity contribution in [1.29, 1.82) is 0 Å². The standard InChI is InChI=1S/C24H18N4O2/c29-24(27-30)18-5-3-16(4-6-18)15-28-11-9-20-12-21(14-26-23(20)28)19-8-7-17-2-1-10-25-22(17)13-19/h1-14,30H,15H2,(H,27,29). The molecule has 0 bridgehead atoms. The largest absolute Gasteiger partial charge is 0.328 e. The smallest absolute Gasteiger partial charge is 0.274 e. The summed E-state index contributed by atoms with van der Waals surface area (Å²) in [5, 5.41) is 10.9. The SMILES string of the molecule is O=C(NO)c1ccc(Cn2ccc3cc(-c4ccc5cccnc5c4)cnc32)cc1. The van der Waals surface area contributed by atoms with E-state index < -0.39 is 5.91 Å². The van der Waals surface area contributed by atoms with Gasteiger partial charge in [-0.25, -0.2) is 10.5 Å². The molecule has 0 aliphatic heterocycles. The van der Waals surface area contributed by atoms with Crippen molar-refractivity contribution in [3.05, 3.63) is 96.4 Å². The van der Waals surface area contributed by atoms with Gasteiger partial charge >= 0.3 is 0 Å². The maximum atomic E-state index is 11.5. The first kappa shape index (κ1) is 18.0. The molecule has 0 saturated carbocycles. The maximum absolute atomic E-state index is 11.5. The second-order valence-electron chi connectivity index (χ2n) is 7.13. The van der Waals surface area contributed by atoms with E-state index >= 15 is 0 Å². The fourth-order valence-corrected chi connectivity index (χ4v) is 3.63. The lowest BCUT2D eigenvalue weighted by atomic mass is 10.0. The van der Waals surface area contributed by atoms with Crippen molar-refractivity contribution < 1.29 is 10.0 Å². The van der Waals surface area contributed by atoms with E-state index in [9.17, 15) is 4.79 Å². The molecule has 0 aliphatic carbocycles. The van der Waals surface area contributed by atoms with E-state index in [1.165, 1.54) is 0 Å². The molecule has 2 aromatic carbocycles. The van der Waals surface area contributed by atoms with Crippen LogP contribution in [0.15, 0.2) is 85.3 Å². The van der Waals surface area contributed by atoms with E-state index in [4.69, 9.17) is 10.2 Å². The third-order valence-corrected chi connectivity index (χ3v) is 5.21. The van der Waals surface area contributed by atoms with E-state index in [1.807, 2.05) is 30.6 Å². The zero-order valence-corrected chi connectivity index (χ0v) is 16.0. The van der Waals surface area contributed by atoms with Gasteiger partial charge in [0.2, 0.25) is 0 Å². The van der Waals surface area contributed by atoms with Crippen LogP contribution < -0.4 is 5.48 Å². The molecule has 0 unspecified atom stereocenters. The van der Waals surface area contributed by atoms with E-state index in [2.05, 4.69) is 45.9 Å². The Hall–Kier alpha value is -4.03. The molecule has 6 nitrogen and oxygen atoms in total. The molecule has 6 heteroatoms. The van der Waals surface area contributed by atoms with Crippen molar-refractivity contribution in [3.8, 4) is 11.1 Å². The molecule has 0 aliphatic rings. The number of rotatable bonds is 4. The van der Waals surface area contributed by atoms with Gasteiger partial charge in [-0.1, -0.05) is 30.3 Å². The summed E-state index contributed by atoms with van der Waals surface area (Å²) in [7, 11) is 0. The average molecular weight is 394 g/mol. The molecular weight excluding hydrogens is 376 g/mol. The lowest BCUT2D eigenvalue weighted by Crippen LogP contribution is -2.18. The lowest BCUT2D eigenvalue weighted by molar-refractivity contribution is 0.0706. The molecule has 0 atom stereocenters. The summed E-state index contributed by atoms with van der Waals surface area (Å²) >= 11 is 0. The predicted octanol–water partition coefficient (Wildman–Crippen LogP) is 4.42. The Kier molecular flexibility index (Phi) is 4.46. The lowest BCUT2D eigenvalue weighted by Gasteiger charge is -2.07. The van der Waals surface area contributed by atoms with E-state index in [0.717, 1.165) is 38.6 Å². The van der Waals surface area contributed by atoms with Crippen LogP contribution in [-0.4, -0.2) is 25.6 Å². The Morgan fingerprint density at radius 1 is 0.933 bits per heavy atom. The van der Waals surface area contributed by atoms with E-state index in [1.54, 1.807) is 23.8 Å².